The third-order valence-electron chi connectivity index (χ3n) is 19.5. The summed E-state index contributed by atoms with van der Waals surface area (Å²) in [5.74, 6) is 0.101. The zero-order valence-electron chi connectivity index (χ0n) is 64.4. The van der Waals surface area contributed by atoms with Gasteiger partial charge in [0, 0.05) is 48.0 Å². The largest absolute Gasteiger partial charge is 0.508 e. The fourth-order valence-electron chi connectivity index (χ4n) is 12.4. The van der Waals surface area contributed by atoms with E-state index in [9.17, 15) is 39.6 Å². The summed E-state index contributed by atoms with van der Waals surface area (Å²) in [6, 6.07) is 15.4. The number of rotatable bonds is 48. The summed E-state index contributed by atoms with van der Waals surface area (Å²) in [7, 11) is 0. The van der Waals surface area contributed by atoms with Gasteiger partial charge in [-0.2, -0.15) is 0 Å². The van der Waals surface area contributed by atoms with Crippen molar-refractivity contribution >= 4 is 23.9 Å². The molecule has 12 nitrogen and oxygen atoms in total. The van der Waals surface area contributed by atoms with Gasteiger partial charge in [-0.1, -0.05) is 244 Å². The van der Waals surface area contributed by atoms with Gasteiger partial charge in [0.15, 0.2) is 0 Å². The Kier molecular flexibility index (Phi) is 49.9. The van der Waals surface area contributed by atoms with Gasteiger partial charge in [0.1, 0.15) is 23.0 Å². The molecule has 0 aliphatic carbocycles. The van der Waals surface area contributed by atoms with Gasteiger partial charge in [0.2, 0.25) is 0 Å². The Balaban J connectivity index is 0.00000132. The monoisotopic (exact) mass is 1400 g/mol. The molecule has 0 heterocycles. The van der Waals surface area contributed by atoms with E-state index in [1.807, 2.05) is 48.5 Å². The van der Waals surface area contributed by atoms with Gasteiger partial charge in [0.25, 0.3) is 0 Å². The van der Waals surface area contributed by atoms with Crippen molar-refractivity contribution in [3.8, 4) is 23.0 Å². The molecule has 0 fully saturated rings. The summed E-state index contributed by atoms with van der Waals surface area (Å²) in [6.07, 6.45) is 35.3. The van der Waals surface area contributed by atoms with Crippen LogP contribution in [0.2, 0.25) is 0 Å². The van der Waals surface area contributed by atoms with Gasteiger partial charge in [-0.3, -0.25) is 0 Å². The molecule has 0 spiro atoms. The number of phenols is 4. The first-order chi connectivity index (χ1) is 47.5. The van der Waals surface area contributed by atoms with Crippen LogP contribution in [0, 0.1) is 23.7 Å². The molecular formula is C89H140O12. The average Bonchev–Trinajstić information content (AvgIpc) is 0.854. The molecule has 0 aromatic heterocycles. The lowest BCUT2D eigenvalue weighted by Crippen LogP contribution is -2.07. The molecule has 101 heavy (non-hydrogen) atoms. The van der Waals surface area contributed by atoms with E-state index in [0.717, 1.165) is 195 Å². The standard InChI is InChI=1S/4C22H34O3.CH4/c4*1-5-7-9-16(3)11-12-18-15-21(23)19(10-8-6-2)14-20(18)13-17(4)22(24)25;/h4*14-16,23H,4-13H2,1-3H3,(H,24,25);1H4. The van der Waals surface area contributed by atoms with Gasteiger partial charge in [-0.25, -0.2) is 19.2 Å². The topological polar surface area (TPSA) is 230 Å². The molecule has 12 heteroatoms. The molecule has 0 bridgehead atoms. The third-order valence-corrected chi connectivity index (χ3v) is 19.5. The lowest BCUT2D eigenvalue weighted by atomic mass is 9.90. The van der Waals surface area contributed by atoms with Crippen molar-refractivity contribution < 1.29 is 60.0 Å². The van der Waals surface area contributed by atoms with E-state index in [1.165, 1.54) is 77.0 Å². The molecule has 8 N–H and O–H groups in total. The van der Waals surface area contributed by atoms with Crippen molar-refractivity contribution in [3.05, 3.63) is 164 Å². The predicted molar refractivity (Wildman–Crippen MR) is 424 cm³/mol. The highest BCUT2D eigenvalue weighted by Crippen LogP contribution is 2.33. The number of hydrogen-bond acceptors (Lipinski definition) is 8. The zero-order valence-corrected chi connectivity index (χ0v) is 64.4. The molecule has 4 aromatic carbocycles. The van der Waals surface area contributed by atoms with E-state index in [2.05, 4.69) is 109 Å². The Morgan fingerprint density at radius 2 is 0.436 bits per heavy atom. The number of phenolic OH excluding ortho intramolecular Hbond substituents is 4. The highest BCUT2D eigenvalue weighted by Gasteiger charge is 2.20. The van der Waals surface area contributed by atoms with Crippen molar-refractivity contribution in [3.63, 3.8) is 0 Å². The Morgan fingerprint density at radius 1 is 0.267 bits per heavy atom. The number of aryl methyl sites for hydroxylation is 8. The van der Waals surface area contributed by atoms with E-state index in [0.29, 0.717) is 72.4 Å². The van der Waals surface area contributed by atoms with Crippen LogP contribution in [-0.4, -0.2) is 64.7 Å². The minimum atomic E-state index is -0.953. The Bertz CT molecular complexity index is 2710. The minimum absolute atomic E-state index is 0. The minimum Gasteiger partial charge on any atom is -0.508 e. The molecule has 568 valence electrons. The number of carbonyl (C=O) groups is 4. The predicted octanol–water partition coefficient (Wildman–Crippen LogP) is 23.3. The Labute approximate surface area is 613 Å². The number of benzene rings is 4. The summed E-state index contributed by atoms with van der Waals surface area (Å²) in [6.45, 7) is 41.1. The second kappa shape index (κ2) is 53.7. The van der Waals surface area contributed by atoms with Crippen molar-refractivity contribution in [2.24, 2.45) is 23.7 Å². The second-order valence-electron chi connectivity index (χ2n) is 28.9. The maximum atomic E-state index is 11.2. The average molecular weight is 1400 g/mol. The molecule has 0 amide bonds. The van der Waals surface area contributed by atoms with Crippen LogP contribution in [-0.2, 0) is 96.2 Å². The highest BCUT2D eigenvalue weighted by atomic mass is 16.4. The first-order valence-electron chi connectivity index (χ1n) is 38.5. The van der Waals surface area contributed by atoms with E-state index in [4.69, 9.17) is 20.4 Å². The van der Waals surface area contributed by atoms with E-state index >= 15 is 0 Å². The van der Waals surface area contributed by atoms with Gasteiger partial charge < -0.3 is 40.9 Å². The molecule has 0 aliphatic heterocycles. The van der Waals surface area contributed by atoms with Crippen molar-refractivity contribution in [2.45, 2.75) is 322 Å². The van der Waals surface area contributed by atoms with Crippen LogP contribution in [0.15, 0.2) is 97.1 Å². The molecule has 4 atom stereocenters. The van der Waals surface area contributed by atoms with Crippen LogP contribution >= 0.6 is 0 Å². The molecule has 0 aliphatic rings. The van der Waals surface area contributed by atoms with Crippen molar-refractivity contribution in [2.75, 3.05) is 0 Å². The van der Waals surface area contributed by atoms with Gasteiger partial charge >= 0.3 is 23.9 Å². The summed E-state index contributed by atoms with van der Waals surface area (Å²) in [5.41, 5.74) is 12.7. The van der Waals surface area contributed by atoms with Gasteiger partial charge in [-0.05, 0) is 217 Å². The van der Waals surface area contributed by atoms with Gasteiger partial charge in [-0.15, -0.1) is 0 Å². The normalized spacial score (nSPS) is 12.0. The Morgan fingerprint density at radius 3 is 0.584 bits per heavy atom. The number of unbranched alkanes of at least 4 members (excludes halogenated alkanes) is 8. The van der Waals surface area contributed by atoms with E-state index in [1.54, 1.807) is 0 Å². The molecular weight excluding hydrogens is 1260 g/mol. The van der Waals surface area contributed by atoms with Crippen LogP contribution in [0.4, 0.5) is 0 Å². The van der Waals surface area contributed by atoms with Crippen LogP contribution in [0.5, 0.6) is 23.0 Å². The lowest BCUT2D eigenvalue weighted by Gasteiger charge is -2.16. The third kappa shape index (κ3) is 38.7. The molecule has 4 aromatic rings. The zero-order chi connectivity index (χ0) is 75.3. The molecule has 0 saturated heterocycles. The first kappa shape index (κ1) is 93.9. The van der Waals surface area contributed by atoms with Crippen LogP contribution in [0.1, 0.15) is 311 Å². The molecule has 4 rings (SSSR count). The smallest absolute Gasteiger partial charge is 0.331 e. The molecule has 4 unspecified atom stereocenters. The van der Waals surface area contributed by atoms with Gasteiger partial charge in [0.05, 0.1) is 0 Å². The number of carboxylic acid groups (broad SMARTS) is 4. The highest BCUT2D eigenvalue weighted by molar-refractivity contribution is 5.88. The van der Waals surface area contributed by atoms with Crippen molar-refractivity contribution in [1.29, 1.82) is 0 Å². The second-order valence-corrected chi connectivity index (χ2v) is 28.9. The lowest BCUT2D eigenvalue weighted by molar-refractivity contribution is -0.133. The summed E-state index contributed by atoms with van der Waals surface area (Å²) < 4.78 is 0. The SMILES string of the molecule is C.C=C(Cc1cc(CCCC)c(O)cc1CCC(C)CCCC)C(=O)O.C=C(Cc1cc(CCCC)c(O)cc1CCC(C)CCCC)C(=O)O.C=C(Cc1cc(CCCC)c(O)cc1CCC(C)CCCC)C(=O)O.C=C(Cc1cc(CCCC)c(O)cc1CCC(C)CCCC)C(=O)O. The fourth-order valence-corrected chi connectivity index (χ4v) is 12.4. The fraction of sp³-hybridized carbons (Fsp3) is 0.596. The maximum Gasteiger partial charge on any atom is 0.331 e. The van der Waals surface area contributed by atoms with Crippen LogP contribution in [0.3, 0.4) is 0 Å². The molecule has 0 radical (unpaired) electrons. The summed E-state index contributed by atoms with van der Waals surface area (Å²) >= 11 is 0. The number of aromatic hydroxyl groups is 4. The van der Waals surface area contributed by atoms with Crippen LogP contribution in [0.25, 0.3) is 0 Å². The maximum absolute atomic E-state index is 11.2. The number of aliphatic carboxylic acids is 4. The van der Waals surface area contributed by atoms with Crippen molar-refractivity contribution in [1.82, 2.24) is 0 Å². The number of hydrogen-bond donors (Lipinski definition) is 8. The first-order valence-corrected chi connectivity index (χ1v) is 38.5. The van der Waals surface area contributed by atoms with Crippen LogP contribution < -0.4 is 0 Å². The Hall–Kier alpha value is -7.08. The van der Waals surface area contributed by atoms with E-state index < -0.39 is 23.9 Å². The summed E-state index contributed by atoms with van der Waals surface area (Å²) in [5, 5.41) is 78.1. The molecule has 0 saturated carbocycles. The van der Waals surface area contributed by atoms with E-state index in [-0.39, 0.29) is 29.7 Å². The summed E-state index contributed by atoms with van der Waals surface area (Å²) in [4.78, 5) is 44.7. The number of carboxylic acids is 4. The quantitative estimate of drug-likeness (QED) is 0.0193.